The summed E-state index contributed by atoms with van der Waals surface area (Å²) < 4.78 is 19.3. The second-order valence-electron chi connectivity index (χ2n) is 4.39. The van der Waals surface area contributed by atoms with E-state index in [2.05, 4.69) is 29.4 Å². The molecule has 2 aliphatic heterocycles. The normalized spacial score (nSPS) is 32.1. The second kappa shape index (κ2) is 4.46. The van der Waals surface area contributed by atoms with Crippen LogP contribution < -0.4 is 0 Å². The van der Waals surface area contributed by atoms with E-state index in [-0.39, 0.29) is 0 Å². The fourth-order valence-corrected chi connectivity index (χ4v) is 5.22. The minimum Gasteiger partial charge on any atom is -0.270 e. The highest BCUT2D eigenvalue weighted by Gasteiger charge is 2.54. The van der Waals surface area contributed by atoms with Crippen molar-refractivity contribution in [3.63, 3.8) is 0 Å². The maximum Gasteiger partial charge on any atom is 0.287 e. The molecule has 5 heteroatoms. The van der Waals surface area contributed by atoms with E-state index in [1.165, 1.54) is 0 Å². The van der Waals surface area contributed by atoms with Gasteiger partial charge in [0, 0.05) is 38.8 Å². The minimum atomic E-state index is -2.48. The fourth-order valence-electron chi connectivity index (χ4n) is 1.98. The summed E-state index contributed by atoms with van der Waals surface area (Å²) in [6.45, 7) is 13.8. The first-order chi connectivity index (χ1) is 7.64. The highest BCUT2D eigenvalue weighted by molar-refractivity contribution is 7.57. The van der Waals surface area contributed by atoms with Gasteiger partial charge >= 0.3 is 0 Å². The smallest absolute Gasteiger partial charge is 0.270 e. The maximum absolute atomic E-state index is 13.1. The van der Waals surface area contributed by atoms with Crippen LogP contribution in [0.1, 0.15) is 6.92 Å². The van der Waals surface area contributed by atoms with E-state index in [0.29, 0.717) is 19.1 Å². The van der Waals surface area contributed by atoms with Crippen LogP contribution in [0.25, 0.3) is 0 Å². The Bertz CT molecular complexity index is 330. The van der Waals surface area contributed by atoms with Crippen molar-refractivity contribution < 1.29 is 4.57 Å². The number of nitrogens with zero attached hydrogens (tertiary/aromatic N) is 3. The zero-order valence-electron chi connectivity index (χ0n) is 9.88. The van der Waals surface area contributed by atoms with Gasteiger partial charge < -0.3 is 0 Å². The molecule has 2 rings (SSSR count). The van der Waals surface area contributed by atoms with Crippen molar-refractivity contribution in [3.05, 3.63) is 25.3 Å². The molecular formula is C11H20N3OP. The van der Waals surface area contributed by atoms with Crippen LogP contribution in [0.3, 0.4) is 0 Å². The van der Waals surface area contributed by atoms with Crippen LogP contribution in [-0.2, 0) is 4.57 Å². The predicted molar refractivity (Wildman–Crippen MR) is 67.3 cm³/mol. The summed E-state index contributed by atoms with van der Waals surface area (Å²) in [6.07, 6.45) is 3.63. The largest absolute Gasteiger partial charge is 0.287 e. The molecule has 2 aliphatic rings. The zero-order valence-corrected chi connectivity index (χ0v) is 10.8. The SMILES string of the molecule is C=CCN(CC=C)P(=O)(N1CC1)N1CC1C. The van der Waals surface area contributed by atoms with Crippen LogP contribution in [0.5, 0.6) is 0 Å². The molecule has 0 spiro atoms. The molecule has 0 N–H and O–H groups in total. The van der Waals surface area contributed by atoms with Gasteiger partial charge in [0.25, 0.3) is 7.59 Å². The van der Waals surface area contributed by atoms with Crippen molar-refractivity contribution in [2.45, 2.75) is 13.0 Å². The molecule has 2 fully saturated rings. The lowest BCUT2D eigenvalue weighted by molar-refractivity contribution is 0.405. The molecule has 0 radical (unpaired) electrons. The summed E-state index contributed by atoms with van der Waals surface area (Å²) in [4.78, 5) is 0. The van der Waals surface area contributed by atoms with E-state index >= 15 is 0 Å². The molecule has 3 unspecified atom stereocenters. The van der Waals surface area contributed by atoms with E-state index in [1.807, 2.05) is 16.8 Å². The number of hydrogen-bond acceptors (Lipinski definition) is 1. The molecule has 16 heavy (non-hydrogen) atoms. The topological polar surface area (TPSA) is 26.3 Å². The van der Waals surface area contributed by atoms with Gasteiger partial charge in [-0.3, -0.25) is 4.57 Å². The predicted octanol–water partition coefficient (Wildman–Crippen LogP) is 1.79. The third-order valence-corrected chi connectivity index (χ3v) is 6.43. The summed E-state index contributed by atoms with van der Waals surface area (Å²) in [7, 11) is -2.48. The van der Waals surface area contributed by atoms with Gasteiger partial charge in [-0.1, -0.05) is 12.2 Å². The summed E-state index contributed by atoms with van der Waals surface area (Å²) in [5.41, 5.74) is 0. The Morgan fingerprint density at radius 2 is 1.88 bits per heavy atom. The summed E-state index contributed by atoms with van der Waals surface area (Å²) >= 11 is 0. The van der Waals surface area contributed by atoms with Crippen molar-refractivity contribution in [1.29, 1.82) is 0 Å². The number of rotatable bonds is 7. The van der Waals surface area contributed by atoms with Gasteiger partial charge in [-0.15, -0.1) is 13.2 Å². The van der Waals surface area contributed by atoms with Crippen LogP contribution in [0.4, 0.5) is 0 Å². The van der Waals surface area contributed by atoms with Crippen LogP contribution in [0.2, 0.25) is 0 Å². The van der Waals surface area contributed by atoms with Crippen LogP contribution in [0.15, 0.2) is 25.3 Å². The third kappa shape index (κ3) is 2.03. The average molecular weight is 241 g/mol. The molecule has 0 aromatic carbocycles. The lowest BCUT2D eigenvalue weighted by Crippen LogP contribution is -2.28. The molecule has 3 atom stereocenters. The highest BCUT2D eigenvalue weighted by Crippen LogP contribution is 2.64. The van der Waals surface area contributed by atoms with Crippen molar-refractivity contribution in [2.75, 3.05) is 32.7 Å². The van der Waals surface area contributed by atoms with Crippen LogP contribution in [-0.4, -0.2) is 52.8 Å². The summed E-state index contributed by atoms with van der Waals surface area (Å²) in [6, 6.07) is 0.448. The molecule has 2 heterocycles. The molecular weight excluding hydrogens is 221 g/mol. The molecule has 90 valence electrons. The Labute approximate surface area is 97.7 Å². The van der Waals surface area contributed by atoms with Crippen LogP contribution in [0, 0.1) is 0 Å². The van der Waals surface area contributed by atoms with Crippen molar-refractivity contribution in [2.24, 2.45) is 0 Å². The van der Waals surface area contributed by atoms with E-state index in [1.54, 1.807) is 0 Å². The summed E-state index contributed by atoms with van der Waals surface area (Å²) in [5, 5.41) is 0. The van der Waals surface area contributed by atoms with Gasteiger partial charge in [-0.2, -0.15) is 0 Å². The van der Waals surface area contributed by atoms with E-state index in [9.17, 15) is 4.57 Å². The van der Waals surface area contributed by atoms with Gasteiger partial charge in [0.05, 0.1) is 0 Å². The van der Waals surface area contributed by atoms with Gasteiger partial charge in [-0.05, 0) is 6.92 Å². The van der Waals surface area contributed by atoms with E-state index in [0.717, 1.165) is 19.6 Å². The standard InChI is InChI=1S/C11H20N3OP/c1-4-6-12(7-5-2)16(15,13-8-9-13)14-10-11(14)3/h4-5,11H,1-2,6-10H2,3H3. The Kier molecular flexibility index (Phi) is 3.36. The first-order valence-corrected chi connectivity index (χ1v) is 7.31. The van der Waals surface area contributed by atoms with Crippen molar-refractivity contribution in [1.82, 2.24) is 14.0 Å². The molecule has 0 aromatic heterocycles. The highest BCUT2D eigenvalue weighted by atomic mass is 31.2. The van der Waals surface area contributed by atoms with E-state index in [4.69, 9.17) is 0 Å². The first-order valence-electron chi connectivity index (χ1n) is 5.74. The maximum atomic E-state index is 13.1. The zero-order chi connectivity index (χ0) is 11.8. The fraction of sp³-hybridized carbons (Fsp3) is 0.636. The Morgan fingerprint density at radius 3 is 2.19 bits per heavy atom. The molecule has 0 bridgehead atoms. The van der Waals surface area contributed by atoms with Crippen molar-refractivity contribution in [3.8, 4) is 0 Å². The van der Waals surface area contributed by atoms with E-state index < -0.39 is 7.59 Å². The van der Waals surface area contributed by atoms with Gasteiger partial charge in [0.2, 0.25) is 0 Å². The van der Waals surface area contributed by atoms with Gasteiger partial charge in [0.15, 0.2) is 0 Å². The quantitative estimate of drug-likeness (QED) is 0.385. The Morgan fingerprint density at radius 1 is 1.38 bits per heavy atom. The lowest BCUT2D eigenvalue weighted by atomic mass is 10.5. The average Bonchev–Trinajstić information content (AvgIpc) is 3.09. The molecule has 4 nitrogen and oxygen atoms in total. The Balaban J connectivity index is 2.18. The molecule has 0 amide bonds. The van der Waals surface area contributed by atoms with Gasteiger partial charge in [-0.25, -0.2) is 14.0 Å². The van der Waals surface area contributed by atoms with Crippen molar-refractivity contribution >= 4 is 7.59 Å². The third-order valence-electron chi connectivity index (χ3n) is 3.00. The lowest BCUT2D eigenvalue weighted by Gasteiger charge is -2.31. The summed E-state index contributed by atoms with van der Waals surface area (Å²) in [5.74, 6) is 0. The molecule has 2 saturated heterocycles. The minimum absolute atomic E-state index is 0.448. The first kappa shape index (κ1) is 12.1. The molecule has 0 saturated carbocycles. The Hall–Kier alpha value is -0.410. The second-order valence-corrected chi connectivity index (χ2v) is 7.06. The van der Waals surface area contributed by atoms with Gasteiger partial charge in [0.1, 0.15) is 0 Å². The monoisotopic (exact) mass is 241 g/mol. The molecule has 0 aliphatic carbocycles. The van der Waals surface area contributed by atoms with Crippen LogP contribution >= 0.6 is 7.59 Å². The number of hydrogen-bond donors (Lipinski definition) is 0. The molecule has 0 aromatic rings.